The maximum absolute atomic E-state index is 9.23. The first-order valence-electron chi connectivity index (χ1n) is 5.28. The van der Waals surface area contributed by atoms with E-state index in [0.29, 0.717) is 10.7 Å². The third-order valence-corrected chi connectivity index (χ3v) is 2.61. The highest BCUT2D eigenvalue weighted by Gasteiger charge is 2.10. The summed E-state index contributed by atoms with van der Waals surface area (Å²) < 4.78 is 5.46. The standard InChI is InChI=1S/C12H17NO3S/c1-7-3-9(12(13)17)4-8(2)11(7)16-6-10(15)5-14/h3-4,10,14-15H,5-6H2,1-2H3,(H2,13,17). The second-order valence-corrected chi connectivity index (χ2v) is 4.39. The smallest absolute Gasteiger partial charge is 0.125 e. The zero-order valence-corrected chi connectivity index (χ0v) is 10.8. The average Bonchev–Trinajstić information content (AvgIpc) is 2.27. The number of aryl methyl sites for hydroxylation is 2. The van der Waals surface area contributed by atoms with Gasteiger partial charge in [-0.15, -0.1) is 0 Å². The van der Waals surface area contributed by atoms with E-state index in [9.17, 15) is 5.11 Å². The lowest BCUT2D eigenvalue weighted by molar-refractivity contribution is 0.0532. The number of benzene rings is 1. The molecule has 0 aromatic heterocycles. The lowest BCUT2D eigenvalue weighted by atomic mass is 10.1. The van der Waals surface area contributed by atoms with Gasteiger partial charge in [-0.1, -0.05) is 12.2 Å². The maximum Gasteiger partial charge on any atom is 0.125 e. The summed E-state index contributed by atoms with van der Waals surface area (Å²) in [5, 5.41) is 17.9. The van der Waals surface area contributed by atoms with Gasteiger partial charge >= 0.3 is 0 Å². The first kappa shape index (κ1) is 13.9. The van der Waals surface area contributed by atoms with E-state index >= 15 is 0 Å². The van der Waals surface area contributed by atoms with Crippen LogP contribution in [0.2, 0.25) is 0 Å². The molecular weight excluding hydrogens is 238 g/mol. The maximum atomic E-state index is 9.23. The van der Waals surface area contributed by atoms with Gasteiger partial charge in [0.1, 0.15) is 23.4 Å². The van der Waals surface area contributed by atoms with Gasteiger partial charge in [0.15, 0.2) is 0 Å². The molecule has 0 aliphatic rings. The van der Waals surface area contributed by atoms with Gasteiger partial charge in [-0.05, 0) is 37.1 Å². The molecule has 0 saturated heterocycles. The molecule has 1 unspecified atom stereocenters. The molecule has 1 rings (SSSR count). The fourth-order valence-electron chi connectivity index (χ4n) is 1.55. The molecule has 1 aromatic carbocycles. The highest BCUT2D eigenvalue weighted by Crippen LogP contribution is 2.24. The zero-order valence-electron chi connectivity index (χ0n) is 9.93. The molecule has 1 atom stereocenters. The second kappa shape index (κ2) is 5.95. The number of aliphatic hydroxyl groups is 2. The minimum absolute atomic E-state index is 0.0601. The van der Waals surface area contributed by atoms with Crippen molar-refractivity contribution in [1.29, 1.82) is 0 Å². The third kappa shape index (κ3) is 3.66. The lowest BCUT2D eigenvalue weighted by Crippen LogP contribution is -2.22. The van der Waals surface area contributed by atoms with Crippen molar-refractivity contribution >= 4 is 17.2 Å². The Bertz CT molecular complexity index is 397. The topological polar surface area (TPSA) is 75.7 Å². The summed E-state index contributed by atoms with van der Waals surface area (Å²) in [7, 11) is 0. The van der Waals surface area contributed by atoms with Gasteiger partial charge < -0.3 is 20.7 Å². The Kier molecular flexibility index (Phi) is 4.86. The summed E-state index contributed by atoms with van der Waals surface area (Å²) in [5.41, 5.74) is 8.16. The Hall–Kier alpha value is -1.17. The van der Waals surface area contributed by atoms with Crippen LogP contribution in [0, 0.1) is 13.8 Å². The van der Waals surface area contributed by atoms with Gasteiger partial charge in [-0.3, -0.25) is 0 Å². The SMILES string of the molecule is Cc1cc(C(N)=S)cc(C)c1OCC(O)CO. The number of hydrogen-bond acceptors (Lipinski definition) is 4. The van der Waals surface area contributed by atoms with Crippen LogP contribution in [0.1, 0.15) is 16.7 Å². The molecule has 0 amide bonds. The summed E-state index contributed by atoms with van der Waals surface area (Å²) >= 11 is 4.91. The fraction of sp³-hybridized carbons (Fsp3) is 0.417. The molecule has 1 aromatic rings. The van der Waals surface area contributed by atoms with E-state index in [1.807, 2.05) is 26.0 Å². The van der Waals surface area contributed by atoms with Crippen LogP contribution >= 0.6 is 12.2 Å². The molecule has 94 valence electrons. The predicted octanol–water partition coefficient (Wildman–Crippen LogP) is 0.670. The monoisotopic (exact) mass is 255 g/mol. The van der Waals surface area contributed by atoms with Crippen LogP contribution in [0.4, 0.5) is 0 Å². The molecular formula is C12H17NO3S. The number of rotatable bonds is 5. The van der Waals surface area contributed by atoms with Crippen molar-refractivity contribution < 1.29 is 14.9 Å². The third-order valence-electron chi connectivity index (χ3n) is 2.38. The predicted molar refractivity (Wildman–Crippen MR) is 70.4 cm³/mol. The minimum Gasteiger partial charge on any atom is -0.490 e. The van der Waals surface area contributed by atoms with Crippen LogP contribution < -0.4 is 10.5 Å². The lowest BCUT2D eigenvalue weighted by Gasteiger charge is -2.15. The number of aliphatic hydroxyl groups excluding tert-OH is 2. The normalized spacial score (nSPS) is 12.2. The van der Waals surface area contributed by atoms with Crippen molar-refractivity contribution in [3.63, 3.8) is 0 Å². The Balaban J connectivity index is 2.90. The van der Waals surface area contributed by atoms with Crippen molar-refractivity contribution in [1.82, 2.24) is 0 Å². The van der Waals surface area contributed by atoms with Crippen molar-refractivity contribution in [2.75, 3.05) is 13.2 Å². The van der Waals surface area contributed by atoms with Gasteiger partial charge in [0.25, 0.3) is 0 Å². The molecule has 0 aliphatic carbocycles. The molecule has 0 aliphatic heterocycles. The quantitative estimate of drug-likeness (QED) is 0.674. The van der Waals surface area contributed by atoms with Crippen LogP contribution in [0.25, 0.3) is 0 Å². The van der Waals surface area contributed by atoms with Gasteiger partial charge in [0, 0.05) is 5.56 Å². The summed E-state index contributed by atoms with van der Waals surface area (Å²) in [6.07, 6.45) is -0.871. The van der Waals surface area contributed by atoms with Gasteiger partial charge in [-0.25, -0.2) is 0 Å². The van der Waals surface area contributed by atoms with Crippen molar-refractivity contribution in [2.45, 2.75) is 20.0 Å². The Labute approximate surface area is 106 Å². The summed E-state index contributed by atoms with van der Waals surface area (Å²) in [6, 6.07) is 3.69. The molecule has 4 nitrogen and oxygen atoms in total. The summed E-state index contributed by atoms with van der Waals surface area (Å²) in [4.78, 5) is 0.346. The van der Waals surface area contributed by atoms with Crippen LogP contribution in [-0.4, -0.2) is 34.5 Å². The number of nitrogens with two attached hydrogens (primary N) is 1. The minimum atomic E-state index is -0.871. The highest BCUT2D eigenvalue weighted by molar-refractivity contribution is 7.80. The van der Waals surface area contributed by atoms with E-state index in [0.717, 1.165) is 16.7 Å². The molecule has 0 heterocycles. The molecule has 0 fully saturated rings. The second-order valence-electron chi connectivity index (χ2n) is 3.95. The fourth-order valence-corrected chi connectivity index (χ4v) is 1.67. The molecule has 0 bridgehead atoms. The van der Waals surface area contributed by atoms with E-state index in [1.54, 1.807) is 0 Å². The molecule has 17 heavy (non-hydrogen) atoms. The Morgan fingerprint density at radius 2 is 1.94 bits per heavy atom. The highest BCUT2D eigenvalue weighted by atomic mass is 32.1. The van der Waals surface area contributed by atoms with E-state index in [1.165, 1.54) is 0 Å². The van der Waals surface area contributed by atoms with E-state index in [2.05, 4.69) is 0 Å². The molecule has 0 radical (unpaired) electrons. The van der Waals surface area contributed by atoms with E-state index < -0.39 is 6.10 Å². The molecule has 4 N–H and O–H groups in total. The van der Waals surface area contributed by atoms with Crippen molar-refractivity contribution in [2.24, 2.45) is 5.73 Å². The van der Waals surface area contributed by atoms with Crippen molar-refractivity contribution in [3.8, 4) is 5.75 Å². The molecule has 0 saturated carbocycles. The van der Waals surface area contributed by atoms with E-state index in [4.69, 9.17) is 27.8 Å². The number of ether oxygens (including phenoxy) is 1. The van der Waals surface area contributed by atoms with Gasteiger partial charge in [-0.2, -0.15) is 0 Å². The van der Waals surface area contributed by atoms with Gasteiger partial charge in [0.05, 0.1) is 6.61 Å². The van der Waals surface area contributed by atoms with Gasteiger partial charge in [0.2, 0.25) is 0 Å². The van der Waals surface area contributed by atoms with Crippen LogP contribution in [0.15, 0.2) is 12.1 Å². The Morgan fingerprint density at radius 1 is 1.41 bits per heavy atom. The van der Waals surface area contributed by atoms with E-state index in [-0.39, 0.29) is 13.2 Å². The first-order chi connectivity index (χ1) is 7.95. The largest absolute Gasteiger partial charge is 0.490 e. The summed E-state index contributed by atoms with van der Waals surface area (Å²) in [5.74, 6) is 0.692. The zero-order chi connectivity index (χ0) is 13.0. The molecule has 0 spiro atoms. The molecule has 5 heteroatoms. The van der Waals surface area contributed by atoms with Crippen LogP contribution in [0.3, 0.4) is 0 Å². The van der Waals surface area contributed by atoms with Crippen LogP contribution in [-0.2, 0) is 0 Å². The Morgan fingerprint density at radius 3 is 2.35 bits per heavy atom. The number of thiocarbonyl (C=S) groups is 1. The average molecular weight is 255 g/mol. The summed E-state index contributed by atoms with van der Waals surface area (Å²) in [6.45, 7) is 3.51. The van der Waals surface area contributed by atoms with Crippen molar-refractivity contribution in [3.05, 3.63) is 28.8 Å². The number of hydrogen-bond donors (Lipinski definition) is 3. The van der Waals surface area contributed by atoms with Crippen LogP contribution in [0.5, 0.6) is 5.75 Å². The first-order valence-corrected chi connectivity index (χ1v) is 5.69.